The summed E-state index contributed by atoms with van der Waals surface area (Å²) in [6.07, 6.45) is 3.00. The van der Waals surface area contributed by atoms with E-state index in [4.69, 9.17) is 0 Å². The fraction of sp³-hybridized carbons (Fsp3) is 0.353. The van der Waals surface area contributed by atoms with Crippen LogP contribution in [0, 0.1) is 6.92 Å². The zero-order valence-corrected chi connectivity index (χ0v) is 13.1. The third-order valence-corrected chi connectivity index (χ3v) is 4.75. The average molecular weight is 300 g/mol. The first-order chi connectivity index (χ1) is 10.2. The Morgan fingerprint density at radius 1 is 1.29 bits per heavy atom. The van der Waals surface area contributed by atoms with Gasteiger partial charge in [0.1, 0.15) is 0 Å². The molecule has 3 nitrogen and oxygen atoms in total. The molecule has 0 bridgehead atoms. The highest BCUT2D eigenvalue weighted by Gasteiger charge is 2.13. The van der Waals surface area contributed by atoms with Crippen LogP contribution in [0.3, 0.4) is 0 Å². The topological polar surface area (TPSA) is 32.3 Å². The second kappa shape index (κ2) is 6.31. The van der Waals surface area contributed by atoms with Crippen molar-refractivity contribution in [1.29, 1.82) is 0 Å². The first kappa shape index (κ1) is 14.1. The molecule has 110 valence electrons. The van der Waals surface area contributed by atoms with Crippen LogP contribution in [-0.2, 0) is 11.2 Å². The predicted octanol–water partition coefficient (Wildman–Crippen LogP) is 3.84. The van der Waals surface area contributed by atoms with Gasteiger partial charge in [0.25, 0.3) is 0 Å². The molecule has 1 aliphatic heterocycles. The molecule has 0 unspecified atom stereocenters. The lowest BCUT2D eigenvalue weighted by molar-refractivity contribution is -0.115. The normalized spacial score (nSPS) is 14.4. The van der Waals surface area contributed by atoms with Gasteiger partial charge in [0.15, 0.2) is 0 Å². The second-order valence-electron chi connectivity index (χ2n) is 5.50. The van der Waals surface area contributed by atoms with Gasteiger partial charge in [-0.3, -0.25) is 4.79 Å². The monoisotopic (exact) mass is 300 g/mol. The summed E-state index contributed by atoms with van der Waals surface area (Å²) in [5.41, 5.74) is 3.31. The molecule has 2 aromatic rings. The summed E-state index contributed by atoms with van der Waals surface area (Å²) in [4.78, 5) is 15.6. The number of hydrogen-bond donors (Lipinski definition) is 1. The van der Waals surface area contributed by atoms with Crippen LogP contribution in [0.5, 0.6) is 0 Å². The molecule has 1 amide bonds. The van der Waals surface area contributed by atoms with E-state index >= 15 is 0 Å². The van der Waals surface area contributed by atoms with Gasteiger partial charge in [-0.1, -0.05) is 6.07 Å². The van der Waals surface area contributed by atoms with E-state index in [9.17, 15) is 4.79 Å². The zero-order chi connectivity index (χ0) is 14.7. The maximum atomic E-state index is 12.1. The smallest absolute Gasteiger partial charge is 0.229 e. The Morgan fingerprint density at radius 2 is 2.10 bits per heavy atom. The first-order valence-electron chi connectivity index (χ1n) is 7.40. The summed E-state index contributed by atoms with van der Waals surface area (Å²) in [5.74, 6) is 0.0504. The lowest BCUT2D eigenvalue weighted by Gasteiger charge is -2.19. The maximum absolute atomic E-state index is 12.1. The van der Waals surface area contributed by atoms with Crippen molar-refractivity contribution in [1.82, 2.24) is 0 Å². The number of rotatable bonds is 4. The third-order valence-electron chi connectivity index (χ3n) is 3.87. The summed E-state index contributed by atoms with van der Waals surface area (Å²) in [6.45, 7) is 4.34. The fourth-order valence-corrected chi connectivity index (χ4v) is 3.43. The molecule has 1 fully saturated rings. The van der Waals surface area contributed by atoms with E-state index in [1.54, 1.807) is 11.3 Å². The number of nitrogens with one attached hydrogen (secondary N) is 1. The highest BCUT2D eigenvalue weighted by molar-refractivity contribution is 7.10. The van der Waals surface area contributed by atoms with Gasteiger partial charge in [0, 0.05) is 29.3 Å². The SMILES string of the molecule is Cc1cc(N2CCCC2)ccc1NC(=O)Cc1cccs1. The Kier molecular flexibility index (Phi) is 4.25. The molecular formula is C17H20N2OS. The fourth-order valence-electron chi connectivity index (χ4n) is 2.73. The Morgan fingerprint density at radius 3 is 2.76 bits per heavy atom. The number of carbonyl (C=O) groups is 1. The Bertz CT molecular complexity index is 616. The van der Waals surface area contributed by atoms with Gasteiger partial charge in [-0.15, -0.1) is 11.3 Å². The number of aryl methyl sites for hydroxylation is 1. The molecule has 4 heteroatoms. The van der Waals surface area contributed by atoms with Gasteiger partial charge in [0.05, 0.1) is 6.42 Å². The van der Waals surface area contributed by atoms with Crippen LogP contribution in [0.1, 0.15) is 23.3 Å². The molecule has 1 aromatic carbocycles. The minimum Gasteiger partial charge on any atom is -0.372 e. The Hall–Kier alpha value is -1.81. The number of hydrogen-bond acceptors (Lipinski definition) is 3. The van der Waals surface area contributed by atoms with Gasteiger partial charge in [-0.25, -0.2) is 0 Å². The van der Waals surface area contributed by atoms with Crippen LogP contribution in [0.25, 0.3) is 0 Å². The van der Waals surface area contributed by atoms with E-state index in [1.807, 2.05) is 23.6 Å². The molecular weight excluding hydrogens is 280 g/mol. The maximum Gasteiger partial charge on any atom is 0.229 e. The minimum absolute atomic E-state index is 0.0504. The van der Waals surface area contributed by atoms with Crippen LogP contribution in [-0.4, -0.2) is 19.0 Å². The second-order valence-corrected chi connectivity index (χ2v) is 6.53. The largest absolute Gasteiger partial charge is 0.372 e. The van der Waals surface area contributed by atoms with Gasteiger partial charge in [-0.2, -0.15) is 0 Å². The third kappa shape index (κ3) is 3.45. The summed E-state index contributed by atoms with van der Waals surface area (Å²) < 4.78 is 0. The molecule has 1 saturated heterocycles. The zero-order valence-electron chi connectivity index (χ0n) is 12.3. The molecule has 1 N–H and O–H groups in total. The molecule has 21 heavy (non-hydrogen) atoms. The average Bonchev–Trinajstić information content (AvgIpc) is 3.13. The number of anilines is 2. The van der Waals surface area contributed by atoms with E-state index in [1.165, 1.54) is 18.5 Å². The summed E-state index contributed by atoms with van der Waals surface area (Å²) >= 11 is 1.62. The van der Waals surface area contributed by atoms with Crippen molar-refractivity contribution >= 4 is 28.6 Å². The van der Waals surface area contributed by atoms with Gasteiger partial charge in [0.2, 0.25) is 5.91 Å². The Balaban J connectivity index is 1.66. The molecule has 2 heterocycles. The summed E-state index contributed by atoms with van der Waals surface area (Å²) in [6, 6.07) is 10.3. The van der Waals surface area contributed by atoms with Crippen molar-refractivity contribution in [2.75, 3.05) is 23.3 Å². The van der Waals surface area contributed by atoms with Crippen LogP contribution in [0.4, 0.5) is 11.4 Å². The molecule has 0 saturated carbocycles. The first-order valence-corrected chi connectivity index (χ1v) is 8.28. The molecule has 1 aliphatic rings. The van der Waals surface area contributed by atoms with E-state index < -0.39 is 0 Å². The van der Waals surface area contributed by atoms with Crippen molar-refractivity contribution < 1.29 is 4.79 Å². The molecule has 0 atom stereocenters. The van der Waals surface area contributed by atoms with E-state index in [-0.39, 0.29) is 5.91 Å². The molecule has 0 aliphatic carbocycles. The molecule has 0 radical (unpaired) electrons. The van der Waals surface area contributed by atoms with E-state index in [0.717, 1.165) is 29.2 Å². The lowest BCUT2D eigenvalue weighted by Crippen LogP contribution is -2.18. The van der Waals surface area contributed by atoms with Crippen LogP contribution in [0.2, 0.25) is 0 Å². The van der Waals surface area contributed by atoms with Crippen molar-refractivity contribution in [3.8, 4) is 0 Å². The highest BCUT2D eigenvalue weighted by Crippen LogP contribution is 2.25. The quantitative estimate of drug-likeness (QED) is 0.930. The van der Waals surface area contributed by atoms with E-state index in [0.29, 0.717) is 6.42 Å². The minimum atomic E-state index is 0.0504. The van der Waals surface area contributed by atoms with Crippen molar-refractivity contribution in [3.63, 3.8) is 0 Å². The van der Waals surface area contributed by atoms with Crippen LogP contribution >= 0.6 is 11.3 Å². The van der Waals surface area contributed by atoms with E-state index in [2.05, 4.69) is 29.3 Å². The van der Waals surface area contributed by atoms with Gasteiger partial charge in [-0.05, 0) is 55.0 Å². The number of carbonyl (C=O) groups excluding carboxylic acids is 1. The molecule has 0 spiro atoms. The summed E-state index contributed by atoms with van der Waals surface area (Å²) in [5, 5.41) is 5.01. The number of benzene rings is 1. The van der Waals surface area contributed by atoms with Crippen LogP contribution < -0.4 is 10.2 Å². The Labute approximate surface area is 129 Å². The van der Waals surface area contributed by atoms with Gasteiger partial charge >= 0.3 is 0 Å². The molecule has 1 aromatic heterocycles. The van der Waals surface area contributed by atoms with Gasteiger partial charge < -0.3 is 10.2 Å². The predicted molar refractivity (Wildman–Crippen MR) is 89.3 cm³/mol. The van der Waals surface area contributed by atoms with Crippen molar-refractivity contribution in [3.05, 3.63) is 46.2 Å². The standard InChI is InChI=1S/C17H20N2OS/c1-13-11-14(19-8-2-3-9-19)6-7-16(13)18-17(20)12-15-5-4-10-21-15/h4-7,10-11H,2-3,8-9,12H2,1H3,(H,18,20). The van der Waals surface area contributed by atoms with Crippen molar-refractivity contribution in [2.24, 2.45) is 0 Å². The molecule has 3 rings (SSSR count). The van der Waals surface area contributed by atoms with Crippen LogP contribution in [0.15, 0.2) is 35.7 Å². The highest BCUT2D eigenvalue weighted by atomic mass is 32.1. The number of amides is 1. The van der Waals surface area contributed by atoms with Crippen molar-refractivity contribution in [2.45, 2.75) is 26.2 Å². The lowest BCUT2D eigenvalue weighted by atomic mass is 10.1. The number of nitrogens with zero attached hydrogens (tertiary/aromatic N) is 1. The summed E-state index contributed by atoms with van der Waals surface area (Å²) in [7, 11) is 0. The number of thiophene rings is 1.